The molecule has 0 spiro atoms. The zero-order valence-electron chi connectivity index (χ0n) is 17.9. The number of rotatable bonds is 0. The summed E-state index contributed by atoms with van der Waals surface area (Å²) in [5.41, 5.74) is 7.65. The van der Waals surface area contributed by atoms with Crippen molar-refractivity contribution >= 4 is 63.7 Å². The largest absolute Gasteiger partial charge is 0.384 e. The van der Waals surface area contributed by atoms with Gasteiger partial charge >= 0.3 is 0 Å². The molecule has 0 aromatic heterocycles. The van der Waals surface area contributed by atoms with Crippen LogP contribution in [-0.2, 0) is 12.8 Å². The van der Waals surface area contributed by atoms with Crippen LogP contribution >= 0.6 is 63.7 Å². The number of halogens is 4. The van der Waals surface area contributed by atoms with Crippen LogP contribution in [0.5, 0.6) is 0 Å². The molecule has 0 fully saturated rings. The highest BCUT2D eigenvalue weighted by molar-refractivity contribution is 9.11. The van der Waals surface area contributed by atoms with Gasteiger partial charge in [-0.05, 0) is 106 Å². The van der Waals surface area contributed by atoms with E-state index in [1.165, 1.54) is 0 Å². The Bertz CT molecular complexity index is 1190. The Hall–Kier alpha value is -1.28. The van der Waals surface area contributed by atoms with Gasteiger partial charge in [0.2, 0.25) is 0 Å². The molecule has 0 amide bonds. The van der Waals surface area contributed by atoms with E-state index in [1.54, 1.807) is 0 Å². The van der Waals surface area contributed by atoms with Crippen LogP contribution in [0, 0.1) is 0 Å². The molecule has 0 saturated heterocycles. The first-order chi connectivity index (χ1) is 16.2. The molecule has 4 aromatic carbocycles. The summed E-state index contributed by atoms with van der Waals surface area (Å²) in [4.78, 5) is 0. The average molecular weight is 708 g/mol. The van der Waals surface area contributed by atoms with E-state index in [4.69, 9.17) is 0 Å². The predicted octanol–water partition coefficient (Wildman–Crippen LogP) is 8.40. The molecule has 0 aliphatic heterocycles. The molecular weight excluding hydrogens is 688 g/mol. The summed E-state index contributed by atoms with van der Waals surface area (Å²) in [6.45, 7) is 0. The molecule has 0 atom stereocenters. The Kier molecular flexibility index (Phi) is 7.18. The lowest BCUT2D eigenvalue weighted by Crippen LogP contribution is -2.05. The Labute approximate surface area is 232 Å². The fraction of sp³-hybridized carbons (Fsp3) is 0.143. The van der Waals surface area contributed by atoms with Crippen LogP contribution in [0.1, 0.15) is 56.7 Å². The molecule has 0 radical (unpaired) electrons. The smallest absolute Gasteiger partial charge is 0.104 e. The van der Waals surface area contributed by atoms with Gasteiger partial charge in [0, 0.05) is 17.9 Å². The fourth-order valence-electron chi connectivity index (χ4n) is 4.60. The summed E-state index contributed by atoms with van der Waals surface area (Å²) in [5, 5.41) is 22.6. The van der Waals surface area contributed by atoms with Crippen molar-refractivity contribution in [2.24, 2.45) is 0 Å². The average Bonchev–Trinajstić information content (AvgIpc) is 2.76. The van der Waals surface area contributed by atoms with Crippen LogP contribution in [0.4, 0.5) is 0 Å². The molecule has 1 aliphatic carbocycles. The zero-order chi connectivity index (χ0) is 24.0. The lowest BCUT2D eigenvalue weighted by atomic mass is 9.92. The molecule has 0 heterocycles. The number of aliphatic hydroxyl groups is 2. The monoisotopic (exact) mass is 704 g/mol. The number of hydrogen-bond acceptors (Lipinski definition) is 2. The minimum absolute atomic E-state index is 0.672. The third-order valence-electron chi connectivity index (χ3n) is 6.00. The zero-order valence-corrected chi connectivity index (χ0v) is 24.2. The summed E-state index contributed by atoms with van der Waals surface area (Å²) < 4.78 is 3.69. The molecule has 5 rings (SSSR count). The van der Waals surface area contributed by atoms with Gasteiger partial charge in [0.15, 0.2) is 0 Å². The van der Waals surface area contributed by atoms with Crippen molar-refractivity contribution in [2.75, 3.05) is 0 Å². The molecule has 4 aromatic rings. The van der Waals surface area contributed by atoms with Gasteiger partial charge in [-0.25, -0.2) is 0 Å². The minimum atomic E-state index is -0.752. The van der Waals surface area contributed by atoms with Crippen molar-refractivity contribution in [3.63, 3.8) is 0 Å². The van der Waals surface area contributed by atoms with Crippen LogP contribution in [0.15, 0.2) is 90.7 Å². The molecule has 34 heavy (non-hydrogen) atoms. The molecular formula is C28H20Br4O2. The molecule has 172 valence electrons. The standard InChI is InChI=1S/C28H20Br4O2/c29-23-7-15-1-16-4-20(12-24(30)8-16)28(34)22-6-18(10-26(32)14-22)2-17-5-21(13-25(31)9-17)27(33)19(3-15)11-23/h3-14,27-28,33-34H,1-2H2. The van der Waals surface area contributed by atoms with Gasteiger partial charge in [0.25, 0.3) is 0 Å². The summed E-state index contributed by atoms with van der Waals surface area (Å²) in [5.74, 6) is 0. The van der Waals surface area contributed by atoms with Crippen LogP contribution in [-0.4, -0.2) is 10.2 Å². The van der Waals surface area contributed by atoms with E-state index in [1.807, 2.05) is 24.3 Å². The van der Waals surface area contributed by atoms with Crippen molar-refractivity contribution in [3.8, 4) is 0 Å². The number of fused-ring (bicyclic) bond motifs is 8. The summed E-state index contributed by atoms with van der Waals surface area (Å²) >= 11 is 14.5. The van der Waals surface area contributed by atoms with Gasteiger partial charge in [-0.15, -0.1) is 0 Å². The summed E-state index contributed by atoms with van der Waals surface area (Å²) in [7, 11) is 0. The van der Waals surface area contributed by atoms with E-state index < -0.39 is 12.2 Å². The van der Waals surface area contributed by atoms with Crippen molar-refractivity contribution in [3.05, 3.63) is 135 Å². The van der Waals surface area contributed by atoms with Crippen molar-refractivity contribution in [2.45, 2.75) is 25.0 Å². The third kappa shape index (κ3) is 5.43. The van der Waals surface area contributed by atoms with E-state index in [-0.39, 0.29) is 0 Å². The van der Waals surface area contributed by atoms with Gasteiger partial charge in [0.1, 0.15) is 12.2 Å². The number of aliphatic hydroxyl groups excluding tert-OH is 2. The lowest BCUT2D eigenvalue weighted by Gasteiger charge is -2.18. The Morgan fingerprint density at radius 2 is 0.647 bits per heavy atom. The number of hydrogen-bond donors (Lipinski definition) is 2. The van der Waals surface area contributed by atoms with Crippen LogP contribution in [0.3, 0.4) is 0 Å². The quantitative estimate of drug-likeness (QED) is 0.193. The Morgan fingerprint density at radius 3 is 0.882 bits per heavy atom. The van der Waals surface area contributed by atoms with Crippen LogP contribution in [0.25, 0.3) is 0 Å². The highest BCUT2D eigenvalue weighted by Crippen LogP contribution is 2.33. The van der Waals surface area contributed by atoms with Gasteiger partial charge in [-0.3, -0.25) is 0 Å². The maximum absolute atomic E-state index is 11.3. The van der Waals surface area contributed by atoms with E-state index in [0.29, 0.717) is 12.8 Å². The van der Waals surface area contributed by atoms with Gasteiger partial charge in [0.05, 0.1) is 0 Å². The molecule has 0 unspecified atom stereocenters. The lowest BCUT2D eigenvalue weighted by molar-refractivity contribution is 0.220. The molecule has 2 N–H and O–H groups in total. The van der Waals surface area contributed by atoms with Crippen molar-refractivity contribution in [1.82, 2.24) is 0 Å². The minimum Gasteiger partial charge on any atom is -0.384 e. The maximum Gasteiger partial charge on any atom is 0.104 e. The number of benzene rings is 4. The Balaban J connectivity index is 1.73. The van der Waals surface area contributed by atoms with E-state index >= 15 is 0 Å². The van der Waals surface area contributed by atoms with Crippen molar-refractivity contribution in [1.29, 1.82) is 0 Å². The van der Waals surface area contributed by atoms with Gasteiger partial charge in [-0.1, -0.05) is 88.0 Å². The summed E-state index contributed by atoms with van der Waals surface area (Å²) in [6.07, 6.45) is -0.158. The molecule has 1 aliphatic rings. The highest BCUT2D eigenvalue weighted by atomic mass is 79.9. The third-order valence-corrected chi connectivity index (χ3v) is 7.83. The second-order valence-corrected chi connectivity index (χ2v) is 12.4. The van der Waals surface area contributed by atoms with Gasteiger partial charge in [-0.2, -0.15) is 0 Å². The first kappa shape index (κ1) is 24.4. The summed E-state index contributed by atoms with van der Waals surface area (Å²) in [6, 6.07) is 24.4. The second kappa shape index (κ2) is 10.00. The maximum atomic E-state index is 11.3. The molecule has 8 bridgehead atoms. The highest BCUT2D eigenvalue weighted by Gasteiger charge is 2.18. The predicted molar refractivity (Wildman–Crippen MR) is 150 cm³/mol. The van der Waals surface area contributed by atoms with Crippen molar-refractivity contribution < 1.29 is 10.2 Å². The molecule has 6 heteroatoms. The fourth-order valence-corrected chi connectivity index (χ4v) is 6.83. The van der Waals surface area contributed by atoms with Gasteiger partial charge < -0.3 is 10.2 Å². The second-order valence-electron chi connectivity index (χ2n) is 8.73. The first-order valence-electron chi connectivity index (χ1n) is 10.8. The molecule has 0 saturated carbocycles. The molecule has 2 nitrogen and oxygen atoms in total. The van der Waals surface area contributed by atoms with E-state index in [2.05, 4.69) is 112 Å². The first-order valence-corrected chi connectivity index (χ1v) is 13.9. The van der Waals surface area contributed by atoms with Crippen LogP contribution < -0.4 is 0 Å². The van der Waals surface area contributed by atoms with Crippen LogP contribution in [0.2, 0.25) is 0 Å². The van der Waals surface area contributed by atoms with E-state index in [9.17, 15) is 10.2 Å². The van der Waals surface area contributed by atoms with E-state index in [0.717, 1.165) is 62.4 Å². The Morgan fingerprint density at radius 1 is 0.412 bits per heavy atom. The topological polar surface area (TPSA) is 40.5 Å². The SMILES string of the molecule is OC1c2cc(Br)cc(c2)Cc2cc(Br)cc(c2)C(O)c2cc(Br)cc(c2)Cc2cc(Br)cc1c2. The normalized spacial score (nSPS) is 17.5.